The SMILES string of the molecule is CCCCN=C(NCC)NCCc1cn2cccc(C)c2n1. The van der Waals surface area contributed by atoms with Crippen LogP contribution in [-0.2, 0) is 6.42 Å². The fraction of sp³-hybridized carbons (Fsp3) is 0.529. The van der Waals surface area contributed by atoms with Gasteiger partial charge in [-0.1, -0.05) is 19.4 Å². The monoisotopic (exact) mass is 301 g/mol. The first-order valence-electron chi connectivity index (χ1n) is 8.20. The number of nitrogens with one attached hydrogen (secondary N) is 2. The summed E-state index contributed by atoms with van der Waals surface area (Å²) in [5.41, 5.74) is 3.35. The van der Waals surface area contributed by atoms with E-state index in [0.717, 1.165) is 49.8 Å². The van der Waals surface area contributed by atoms with Gasteiger partial charge in [-0.05, 0) is 31.9 Å². The Labute approximate surface area is 132 Å². The van der Waals surface area contributed by atoms with Gasteiger partial charge in [-0.25, -0.2) is 4.98 Å². The third-order valence-electron chi connectivity index (χ3n) is 3.53. The Morgan fingerprint density at radius 3 is 2.91 bits per heavy atom. The first-order chi connectivity index (χ1) is 10.7. The predicted molar refractivity (Wildman–Crippen MR) is 92.5 cm³/mol. The van der Waals surface area contributed by atoms with E-state index < -0.39 is 0 Å². The highest BCUT2D eigenvalue weighted by atomic mass is 15.2. The molecule has 0 radical (unpaired) electrons. The maximum atomic E-state index is 4.69. The van der Waals surface area contributed by atoms with Gasteiger partial charge >= 0.3 is 0 Å². The molecule has 0 atom stereocenters. The summed E-state index contributed by atoms with van der Waals surface area (Å²) in [6.45, 7) is 8.95. The average Bonchev–Trinajstić information content (AvgIpc) is 2.92. The van der Waals surface area contributed by atoms with Crippen LogP contribution in [0.3, 0.4) is 0 Å². The van der Waals surface area contributed by atoms with Gasteiger partial charge in [0.2, 0.25) is 0 Å². The predicted octanol–water partition coefficient (Wildman–Crippen LogP) is 2.54. The number of fused-ring (bicyclic) bond motifs is 1. The van der Waals surface area contributed by atoms with E-state index in [1.807, 2.05) is 6.20 Å². The molecule has 0 aliphatic rings. The molecule has 2 heterocycles. The Morgan fingerprint density at radius 1 is 1.32 bits per heavy atom. The molecular formula is C17H27N5. The van der Waals surface area contributed by atoms with Crippen LogP contribution in [-0.4, -0.2) is 35.0 Å². The van der Waals surface area contributed by atoms with E-state index in [4.69, 9.17) is 4.98 Å². The van der Waals surface area contributed by atoms with Gasteiger partial charge in [0.15, 0.2) is 5.96 Å². The molecule has 0 aliphatic heterocycles. The molecule has 2 aromatic rings. The summed E-state index contributed by atoms with van der Waals surface area (Å²) in [7, 11) is 0. The lowest BCUT2D eigenvalue weighted by molar-refractivity contribution is 0.764. The minimum atomic E-state index is 0.834. The smallest absolute Gasteiger partial charge is 0.191 e. The lowest BCUT2D eigenvalue weighted by atomic mass is 10.3. The molecule has 2 aromatic heterocycles. The molecule has 0 saturated carbocycles. The summed E-state index contributed by atoms with van der Waals surface area (Å²) >= 11 is 0. The van der Waals surface area contributed by atoms with Crippen molar-refractivity contribution in [2.45, 2.75) is 40.0 Å². The minimum Gasteiger partial charge on any atom is -0.357 e. The molecule has 0 aromatic carbocycles. The number of aromatic nitrogens is 2. The maximum Gasteiger partial charge on any atom is 0.191 e. The van der Waals surface area contributed by atoms with Crippen molar-refractivity contribution in [2.75, 3.05) is 19.6 Å². The number of guanidine groups is 1. The Balaban J connectivity index is 1.90. The zero-order valence-corrected chi connectivity index (χ0v) is 13.9. The van der Waals surface area contributed by atoms with Crippen LogP contribution in [0, 0.1) is 6.92 Å². The van der Waals surface area contributed by atoms with E-state index >= 15 is 0 Å². The van der Waals surface area contributed by atoms with Gasteiger partial charge in [-0.2, -0.15) is 0 Å². The molecule has 2 N–H and O–H groups in total. The molecule has 0 spiro atoms. The fourth-order valence-corrected chi connectivity index (χ4v) is 2.32. The molecule has 0 fully saturated rings. The van der Waals surface area contributed by atoms with E-state index in [2.05, 4.69) is 59.1 Å². The average molecular weight is 301 g/mol. The molecule has 5 nitrogen and oxygen atoms in total. The third kappa shape index (κ3) is 4.48. The minimum absolute atomic E-state index is 0.834. The number of hydrogen-bond donors (Lipinski definition) is 2. The third-order valence-corrected chi connectivity index (χ3v) is 3.53. The van der Waals surface area contributed by atoms with E-state index in [0.29, 0.717) is 0 Å². The maximum absolute atomic E-state index is 4.69. The quantitative estimate of drug-likeness (QED) is 0.469. The largest absolute Gasteiger partial charge is 0.357 e. The Hall–Kier alpha value is -2.04. The number of pyridine rings is 1. The lowest BCUT2D eigenvalue weighted by Crippen LogP contribution is -2.38. The summed E-state index contributed by atoms with van der Waals surface area (Å²) in [5.74, 6) is 0.899. The number of imidazole rings is 1. The number of aliphatic imine (C=N–C) groups is 1. The zero-order valence-electron chi connectivity index (χ0n) is 13.9. The Morgan fingerprint density at radius 2 is 2.18 bits per heavy atom. The van der Waals surface area contributed by atoms with Gasteiger partial charge in [-0.3, -0.25) is 4.99 Å². The summed E-state index contributed by atoms with van der Waals surface area (Å²) in [4.78, 5) is 9.25. The van der Waals surface area contributed by atoms with Crippen LogP contribution in [0.4, 0.5) is 0 Å². The van der Waals surface area contributed by atoms with Crippen LogP contribution in [0.25, 0.3) is 5.65 Å². The second-order valence-corrected chi connectivity index (χ2v) is 5.45. The van der Waals surface area contributed by atoms with Crippen LogP contribution in [0.15, 0.2) is 29.5 Å². The zero-order chi connectivity index (χ0) is 15.8. The normalized spacial score (nSPS) is 11.9. The Bertz CT molecular complexity index is 615. The van der Waals surface area contributed by atoms with Crippen molar-refractivity contribution in [3.63, 3.8) is 0 Å². The van der Waals surface area contributed by atoms with Crippen LogP contribution >= 0.6 is 0 Å². The molecule has 5 heteroatoms. The first kappa shape index (κ1) is 16.3. The van der Waals surface area contributed by atoms with E-state index in [1.54, 1.807) is 0 Å². The van der Waals surface area contributed by atoms with Gasteiger partial charge in [0.1, 0.15) is 5.65 Å². The molecule has 0 aliphatic carbocycles. The second-order valence-electron chi connectivity index (χ2n) is 5.45. The van der Waals surface area contributed by atoms with Crippen molar-refractivity contribution in [3.8, 4) is 0 Å². The summed E-state index contributed by atoms with van der Waals surface area (Å²) < 4.78 is 2.09. The van der Waals surface area contributed by atoms with Gasteiger partial charge in [0.25, 0.3) is 0 Å². The van der Waals surface area contributed by atoms with E-state index in [9.17, 15) is 0 Å². The highest BCUT2D eigenvalue weighted by molar-refractivity contribution is 5.79. The number of unbranched alkanes of at least 4 members (excludes halogenated alkanes) is 1. The molecule has 120 valence electrons. The first-order valence-corrected chi connectivity index (χ1v) is 8.20. The molecular weight excluding hydrogens is 274 g/mol. The lowest BCUT2D eigenvalue weighted by Gasteiger charge is -2.10. The van der Waals surface area contributed by atoms with E-state index in [1.165, 1.54) is 12.0 Å². The van der Waals surface area contributed by atoms with Crippen LogP contribution in [0.2, 0.25) is 0 Å². The summed E-state index contributed by atoms with van der Waals surface area (Å²) in [6, 6.07) is 4.14. The summed E-state index contributed by atoms with van der Waals surface area (Å²) in [6.07, 6.45) is 7.33. The summed E-state index contributed by atoms with van der Waals surface area (Å²) in [5, 5.41) is 6.65. The number of aryl methyl sites for hydroxylation is 1. The highest BCUT2D eigenvalue weighted by Gasteiger charge is 2.04. The molecule has 0 amide bonds. The standard InChI is InChI=1S/C17H27N5/c1-4-6-10-19-17(18-5-2)20-11-9-15-13-22-12-7-8-14(3)16(22)21-15/h7-8,12-13H,4-6,9-11H2,1-3H3,(H2,18,19,20). The van der Waals surface area contributed by atoms with Gasteiger partial charge in [0, 0.05) is 38.4 Å². The van der Waals surface area contributed by atoms with Crippen molar-refractivity contribution in [1.29, 1.82) is 0 Å². The van der Waals surface area contributed by atoms with Gasteiger partial charge < -0.3 is 15.0 Å². The van der Waals surface area contributed by atoms with Crippen molar-refractivity contribution in [2.24, 2.45) is 4.99 Å². The number of nitrogens with zero attached hydrogens (tertiary/aromatic N) is 3. The molecule has 0 bridgehead atoms. The van der Waals surface area contributed by atoms with Crippen molar-refractivity contribution in [1.82, 2.24) is 20.0 Å². The Kier molecular flexibility index (Phi) is 6.25. The molecule has 0 saturated heterocycles. The van der Waals surface area contributed by atoms with Gasteiger partial charge in [-0.15, -0.1) is 0 Å². The van der Waals surface area contributed by atoms with Crippen LogP contribution in [0.1, 0.15) is 37.9 Å². The van der Waals surface area contributed by atoms with Crippen LogP contribution in [0.5, 0.6) is 0 Å². The fourth-order valence-electron chi connectivity index (χ4n) is 2.32. The van der Waals surface area contributed by atoms with Crippen molar-refractivity contribution >= 4 is 11.6 Å². The number of rotatable bonds is 7. The van der Waals surface area contributed by atoms with Crippen LogP contribution < -0.4 is 10.6 Å². The molecule has 2 rings (SSSR count). The van der Waals surface area contributed by atoms with E-state index in [-0.39, 0.29) is 0 Å². The second kappa shape index (κ2) is 8.41. The van der Waals surface area contributed by atoms with Crippen molar-refractivity contribution in [3.05, 3.63) is 35.8 Å². The number of hydrogen-bond acceptors (Lipinski definition) is 2. The highest BCUT2D eigenvalue weighted by Crippen LogP contribution is 2.09. The van der Waals surface area contributed by atoms with Crippen molar-refractivity contribution < 1.29 is 0 Å². The molecule has 0 unspecified atom stereocenters. The van der Waals surface area contributed by atoms with Gasteiger partial charge in [0.05, 0.1) is 5.69 Å². The molecule has 22 heavy (non-hydrogen) atoms. The topological polar surface area (TPSA) is 53.7 Å².